The largest absolute Gasteiger partial charge is 0.352 e. The van der Waals surface area contributed by atoms with Gasteiger partial charge in [-0.3, -0.25) is 9.00 Å². The molecule has 0 aromatic heterocycles. The highest BCUT2D eigenvalue weighted by atomic mass is 32.2. The molecule has 3 atom stereocenters. The lowest BCUT2D eigenvalue weighted by Crippen LogP contribution is -2.48. The highest BCUT2D eigenvalue weighted by Crippen LogP contribution is 2.29. The summed E-state index contributed by atoms with van der Waals surface area (Å²) in [5, 5.41) is 0. The van der Waals surface area contributed by atoms with Crippen molar-refractivity contribution in [1.29, 1.82) is 0 Å². The number of nitrogens with zero attached hydrogens (tertiary/aromatic N) is 1. The molecule has 2 fully saturated rings. The third-order valence-electron chi connectivity index (χ3n) is 3.11. The van der Waals surface area contributed by atoms with Crippen LogP contribution in [0, 0.1) is 0 Å². The van der Waals surface area contributed by atoms with Gasteiger partial charge in [0.1, 0.15) is 6.23 Å². The molecule has 0 N–H and O–H groups in total. The second-order valence-corrected chi connectivity index (χ2v) is 5.78. The molecule has 0 saturated carbocycles. The second-order valence-electron chi connectivity index (χ2n) is 4.29. The van der Waals surface area contributed by atoms with Gasteiger partial charge in [-0.05, 0) is 12.1 Å². The van der Waals surface area contributed by atoms with Crippen molar-refractivity contribution >= 4 is 16.7 Å². The van der Waals surface area contributed by atoms with Crippen LogP contribution in [0.5, 0.6) is 0 Å². The first-order valence-corrected chi connectivity index (χ1v) is 6.94. The minimum absolute atomic E-state index is 0.0553. The monoisotopic (exact) mass is 251 g/mol. The fourth-order valence-corrected chi connectivity index (χ4v) is 3.35. The molecule has 1 amide bonds. The lowest BCUT2D eigenvalue weighted by atomic mass is 10.2. The Hall–Kier alpha value is -1.20. The molecule has 90 valence electrons. The Bertz CT molecular complexity index is 462. The van der Waals surface area contributed by atoms with Crippen LogP contribution in [0.2, 0.25) is 0 Å². The third kappa shape index (κ3) is 2.00. The number of β-lactam (4-membered cyclic amide) rings is 1. The van der Waals surface area contributed by atoms with E-state index in [4.69, 9.17) is 4.74 Å². The van der Waals surface area contributed by atoms with Gasteiger partial charge in [0.2, 0.25) is 5.91 Å². The van der Waals surface area contributed by atoms with Crippen molar-refractivity contribution in [2.75, 3.05) is 12.3 Å². The van der Waals surface area contributed by atoms with E-state index >= 15 is 0 Å². The smallest absolute Gasteiger partial charge is 0.229 e. The van der Waals surface area contributed by atoms with Crippen LogP contribution in [0.15, 0.2) is 35.2 Å². The first-order valence-electron chi connectivity index (χ1n) is 5.62. The molecular formula is C12H13NO3S. The van der Waals surface area contributed by atoms with Crippen LogP contribution in [-0.2, 0) is 20.3 Å². The summed E-state index contributed by atoms with van der Waals surface area (Å²) in [6.07, 6.45) is 0.335. The van der Waals surface area contributed by atoms with E-state index in [0.29, 0.717) is 18.7 Å². The summed E-state index contributed by atoms with van der Waals surface area (Å²) < 4.78 is 17.7. The van der Waals surface area contributed by atoms with E-state index in [9.17, 15) is 9.00 Å². The molecule has 2 heterocycles. The SMILES string of the molecule is O=C1CC2OC(CS(=O)c3ccccc3)CN12. The number of fused-ring (bicyclic) bond motifs is 1. The molecule has 3 rings (SSSR count). The van der Waals surface area contributed by atoms with E-state index in [1.165, 1.54) is 0 Å². The number of benzene rings is 1. The summed E-state index contributed by atoms with van der Waals surface area (Å²) in [5.41, 5.74) is 0. The van der Waals surface area contributed by atoms with Gasteiger partial charge in [0.25, 0.3) is 0 Å². The Labute approximate surface area is 102 Å². The number of rotatable bonds is 3. The Morgan fingerprint density at radius 3 is 2.76 bits per heavy atom. The molecule has 1 aromatic rings. The maximum atomic E-state index is 12.0. The predicted octanol–water partition coefficient (Wildman–Crippen LogP) is 0.751. The summed E-state index contributed by atoms with van der Waals surface area (Å²) >= 11 is 0. The van der Waals surface area contributed by atoms with Crippen molar-refractivity contribution in [1.82, 2.24) is 4.90 Å². The average molecular weight is 251 g/mol. The molecule has 2 aliphatic rings. The predicted molar refractivity (Wildman–Crippen MR) is 62.7 cm³/mol. The van der Waals surface area contributed by atoms with Gasteiger partial charge in [0.15, 0.2) is 0 Å². The lowest BCUT2D eigenvalue weighted by molar-refractivity contribution is -0.156. The van der Waals surface area contributed by atoms with Crippen LogP contribution >= 0.6 is 0 Å². The normalized spacial score (nSPS) is 28.7. The Balaban J connectivity index is 1.61. The topological polar surface area (TPSA) is 46.6 Å². The molecule has 1 aromatic carbocycles. The number of carbonyl (C=O) groups is 1. The zero-order chi connectivity index (χ0) is 11.8. The van der Waals surface area contributed by atoms with Crippen molar-refractivity contribution in [3.8, 4) is 0 Å². The van der Waals surface area contributed by atoms with E-state index in [2.05, 4.69) is 0 Å². The third-order valence-corrected chi connectivity index (χ3v) is 4.58. The maximum absolute atomic E-state index is 12.0. The van der Waals surface area contributed by atoms with Gasteiger partial charge >= 0.3 is 0 Å². The fraction of sp³-hybridized carbons (Fsp3) is 0.417. The van der Waals surface area contributed by atoms with Crippen LogP contribution in [-0.4, -0.2) is 39.6 Å². The summed E-state index contributed by atoms with van der Waals surface area (Å²) in [7, 11) is -1.05. The minimum atomic E-state index is -1.05. The Morgan fingerprint density at radius 1 is 1.35 bits per heavy atom. The first kappa shape index (κ1) is 10.9. The maximum Gasteiger partial charge on any atom is 0.229 e. The number of ether oxygens (including phenoxy) is 1. The zero-order valence-electron chi connectivity index (χ0n) is 9.24. The fourth-order valence-electron chi connectivity index (χ4n) is 2.18. The molecule has 0 bridgehead atoms. The van der Waals surface area contributed by atoms with E-state index in [1.54, 1.807) is 4.90 Å². The lowest BCUT2D eigenvalue weighted by Gasteiger charge is -2.31. The van der Waals surface area contributed by atoms with Gasteiger partial charge < -0.3 is 9.64 Å². The molecule has 0 spiro atoms. The van der Waals surface area contributed by atoms with Gasteiger partial charge in [-0.2, -0.15) is 0 Å². The molecule has 4 nitrogen and oxygen atoms in total. The van der Waals surface area contributed by atoms with Gasteiger partial charge in [-0.25, -0.2) is 0 Å². The summed E-state index contributed by atoms with van der Waals surface area (Å²) in [6, 6.07) is 9.35. The molecule has 0 radical (unpaired) electrons. The van der Waals surface area contributed by atoms with Crippen LogP contribution in [0.25, 0.3) is 0 Å². The van der Waals surface area contributed by atoms with E-state index in [1.807, 2.05) is 30.3 Å². The van der Waals surface area contributed by atoms with E-state index in [-0.39, 0.29) is 18.2 Å². The summed E-state index contributed by atoms with van der Waals surface area (Å²) in [5.74, 6) is 0.604. The number of hydrogen-bond donors (Lipinski definition) is 0. The van der Waals surface area contributed by atoms with Crippen molar-refractivity contribution in [3.63, 3.8) is 0 Å². The van der Waals surface area contributed by atoms with E-state index < -0.39 is 10.8 Å². The Kier molecular flexibility index (Phi) is 2.72. The van der Waals surface area contributed by atoms with Crippen LogP contribution < -0.4 is 0 Å². The standard InChI is InChI=1S/C12H13NO3S/c14-11-6-12-13(11)7-9(16-12)8-17(15)10-4-2-1-3-5-10/h1-5,9,12H,6-8H2. The molecule has 2 aliphatic heterocycles. The average Bonchev–Trinajstić information content (AvgIpc) is 2.67. The van der Waals surface area contributed by atoms with Crippen LogP contribution in [0.1, 0.15) is 6.42 Å². The minimum Gasteiger partial charge on any atom is -0.352 e. The molecule has 3 unspecified atom stereocenters. The first-order chi connectivity index (χ1) is 8.24. The molecule has 0 aliphatic carbocycles. The summed E-state index contributed by atoms with van der Waals surface area (Å²) in [4.78, 5) is 13.7. The highest BCUT2D eigenvalue weighted by molar-refractivity contribution is 7.85. The van der Waals surface area contributed by atoms with E-state index in [0.717, 1.165) is 4.90 Å². The number of carbonyl (C=O) groups excluding carboxylic acids is 1. The van der Waals surface area contributed by atoms with Crippen LogP contribution in [0.4, 0.5) is 0 Å². The number of amides is 1. The van der Waals surface area contributed by atoms with Crippen molar-refractivity contribution in [2.24, 2.45) is 0 Å². The highest BCUT2D eigenvalue weighted by Gasteiger charge is 2.45. The van der Waals surface area contributed by atoms with Crippen molar-refractivity contribution in [3.05, 3.63) is 30.3 Å². The van der Waals surface area contributed by atoms with Crippen LogP contribution in [0.3, 0.4) is 0 Å². The zero-order valence-corrected chi connectivity index (χ0v) is 10.1. The summed E-state index contributed by atoms with van der Waals surface area (Å²) in [6.45, 7) is 0.585. The molecule has 5 heteroatoms. The quantitative estimate of drug-likeness (QED) is 0.745. The molecular weight excluding hydrogens is 238 g/mol. The van der Waals surface area contributed by atoms with Crippen molar-refractivity contribution in [2.45, 2.75) is 23.6 Å². The Morgan fingerprint density at radius 2 is 2.12 bits per heavy atom. The van der Waals surface area contributed by atoms with Gasteiger partial charge in [-0.15, -0.1) is 0 Å². The van der Waals surface area contributed by atoms with Gasteiger partial charge in [0, 0.05) is 4.90 Å². The second kappa shape index (κ2) is 4.23. The van der Waals surface area contributed by atoms with Gasteiger partial charge in [-0.1, -0.05) is 18.2 Å². The van der Waals surface area contributed by atoms with Gasteiger partial charge in [0.05, 0.1) is 35.6 Å². The number of hydrogen-bond acceptors (Lipinski definition) is 3. The molecule has 2 saturated heterocycles. The van der Waals surface area contributed by atoms with Crippen molar-refractivity contribution < 1.29 is 13.7 Å². The molecule has 17 heavy (non-hydrogen) atoms.